The van der Waals surface area contributed by atoms with Crippen molar-refractivity contribution in [2.75, 3.05) is 0 Å². The first-order chi connectivity index (χ1) is 8.85. The van der Waals surface area contributed by atoms with Gasteiger partial charge >= 0.3 is 0 Å². The van der Waals surface area contributed by atoms with Crippen LogP contribution in [0.2, 0.25) is 0 Å². The lowest BCUT2D eigenvalue weighted by Gasteiger charge is -1.99. The van der Waals surface area contributed by atoms with E-state index in [2.05, 4.69) is 60.1 Å². The molecule has 1 heterocycles. The number of aromatic nitrogens is 1. The van der Waals surface area contributed by atoms with Crippen molar-refractivity contribution >= 4 is 33.8 Å². The molecule has 0 spiro atoms. The fraction of sp³-hybridized carbons (Fsp3) is 0.0588. The molecule has 0 saturated carbocycles. The average molecular weight is 233 g/mol. The van der Waals surface area contributed by atoms with Crippen molar-refractivity contribution in [3.05, 3.63) is 60.3 Å². The van der Waals surface area contributed by atoms with Crippen molar-refractivity contribution < 1.29 is 0 Å². The Bertz CT molecular complexity index is 760. The highest BCUT2D eigenvalue weighted by Gasteiger charge is 2.08. The molecule has 18 heavy (non-hydrogen) atoms. The van der Waals surface area contributed by atoms with Crippen LogP contribution in [-0.2, 0) is 0 Å². The van der Waals surface area contributed by atoms with Crippen LogP contribution in [0.4, 0.5) is 0 Å². The molecule has 0 radical (unpaired) electrons. The Balaban J connectivity index is 2.49. The Hall–Kier alpha value is -2.28. The SMILES string of the molecule is C=Cc1[nH]c2c(ccc3ccccc32)c1/C=C\C. The number of rotatable bonds is 2. The third-order valence-electron chi connectivity index (χ3n) is 3.31. The Morgan fingerprint density at radius 1 is 1.06 bits per heavy atom. The highest BCUT2D eigenvalue weighted by atomic mass is 14.7. The van der Waals surface area contributed by atoms with Crippen LogP contribution in [0.3, 0.4) is 0 Å². The van der Waals surface area contributed by atoms with Crippen molar-refractivity contribution in [3.8, 4) is 0 Å². The van der Waals surface area contributed by atoms with E-state index in [0.29, 0.717) is 0 Å². The molecule has 1 N–H and O–H groups in total. The largest absolute Gasteiger partial charge is 0.354 e. The monoisotopic (exact) mass is 233 g/mol. The number of aromatic amines is 1. The van der Waals surface area contributed by atoms with Gasteiger partial charge in [0.25, 0.3) is 0 Å². The Morgan fingerprint density at radius 2 is 1.89 bits per heavy atom. The summed E-state index contributed by atoms with van der Waals surface area (Å²) in [6.07, 6.45) is 6.07. The molecule has 0 aliphatic carbocycles. The number of benzene rings is 2. The summed E-state index contributed by atoms with van der Waals surface area (Å²) < 4.78 is 0. The highest BCUT2D eigenvalue weighted by Crippen LogP contribution is 2.30. The highest BCUT2D eigenvalue weighted by molar-refractivity contribution is 6.09. The van der Waals surface area contributed by atoms with E-state index in [1.807, 2.05) is 13.0 Å². The maximum absolute atomic E-state index is 3.88. The van der Waals surface area contributed by atoms with Gasteiger partial charge in [0.1, 0.15) is 0 Å². The number of H-pyrrole nitrogens is 1. The van der Waals surface area contributed by atoms with Gasteiger partial charge in [-0.3, -0.25) is 0 Å². The second kappa shape index (κ2) is 4.19. The smallest absolute Gasteiger partial charge is 0.0544 e. The summed E-state index contributed by atoms with van der Waals surface area (Å²) in [6.45, 7) is 5.92. The summed E-state index contributed by atoms with van der Waals surface area (Å²) in [5.74, 6) is 0. The van der Waals surface area contributed by atoms with Crippen molar-refractivity contribution in [2.24, 2.45) is 0 Å². The molecular formula is C17H15N. The zero-order chi connectivity index (χ0) is 12.5. The normalized spacial score (nSPS) is 11.6. The predicted octanol–water partition coefficient (Wildman–Crippen LogP) is 5.00. The van der Waals surface area contributed by atoms with Gasteiger partial charge in [-0.05, 0) is 18.4 Å². The summed E-state index contributed by atoms with van der Waals surface area (Å²) in [5, 5.41) is 3.77. The Kier molecular flexibility index (Phi) is 2.52. The van der Waals surface area contributed by atoms with Gasteiger partial charge in [0, 0.05) is 22.0 Å². The quantitative estimate of drug-likeness (QED) is 0.641. The minimum atomic E-state index is 1.08. The Labute approximate surface area is 106 Å². The number of nitrogens with one attached hydrogen (secondary N) is 1. The first-order valence-electron chi connectivity index (χ1n) is 6.13. The molecule has 1 nitrogen and oxygen atoms in total. The lowest BCUT2D eigenvalue weighted by molar-refractivity contribution is 1.43. The van der Waals surface area contributed by atoms with Crippen LogP contribution in [0.25, 0.3) is 33.8 Å². The van der Waals surface area contributed by atoms with E-state index in [0.717, 1.165) is 5.69 Å². The van der Waals surface area contributed by atoms with E-state index in [9.17, 15) is 0 Å². The second-order valence-corrected chi connectivity index (χ2v) is 4.37. The van der Waals surface area contributed by atoms with Crippen molar-refractivity contribution in [1.29, 1.82) is 0 Å². The fourth-order valence-corrected chi connectivity index (χ4v) is 2.48. The number of allylic oxidation sites excluding steroid dienone is 1. The van der Waals surface area contributed by atoms with E-state index in [1.54, 1.807) is 0 Å². The molecule has 0 aliphatic heterocycles. The lowest BCUT2D eigenvalue weighted by atomic mass is 10.0. The van der Waals surface area contributed by atoms with Gasteiger partial charge in [0.05, 0.1) is 5.52 Å². The molecular weight excluding hydrogens is 218 g/mol. The summed E-state index contributed by atoms with van der Waals surface area (Å²) in [5.41, 5.74) is 3.49. The summed E-state index contributed by atoms with van der Waals surface area (Å²) >= 11 is 0. The van der Waals surface area contributed by atoms with Crippen molar-refractivity contribution in [3.63, 3.8) is 0 Å². The summed E-state index contributed by atoms with van der Waals surface area (Å²) in [4.78, 5) is 3.47. The molecule has 0 aliphatic rings. The molecule has 0 unspecified atom stereocenters. The average Bonchev–Trinajstić information content (AvgIpc) is 2.78. The van der Waals surface area contributed by atoms with Gasteiger partial charge in [0.2, 0.25) is 0 Å². The van der Waals surface area contributed by atoms with Crippen LogP contribution in [0.15, 0.2) is 49.1 Å². The van der Waals surface area contributed by atoms with Crippen LogP contribution in [0, 0.1) is 0 Å². The zero-order valence-electron chi connectivity index (χ0n) is 10.4. The van der Waals surface area contributed by atoms with E-state index in [1.165, 1.54) is 27.2 Å². The van der Waals surface area contributed by atoms with Crippen LogP contribution in [0.5, 0.6) is 0 Å². The van der Waals surface area contributed by atoms with Gasteiger partial charge in [-0.25, -0.2) is 0 Å². The van der Waals surface area contributed by atoms with Gasteiger partial charge in [-0.1, -0.05) is 55.1 Å². The molecule has 0 bridgehead atoms. The molecule has 0 fully saturated rings. The number of hydrogen-bond donors (Lipinski definition) is 1. The van der Waals surface area contributed by atoms with Gasteiger partial charge < -0.3 is 4.98 Å². The van der Waals surface area contributed by atoms with E-state index >= 15 is 0 Å². The first-order valence-corrected chi connectivity index (χ1v) is 6.13. The van der Waals surface area contributed by atoms with Crippen LogP contribution >= 0.6 is 0 Å². The Morgan fingerprint density at radius 3 is 2.67 bits per heavy atom. The van der Waals surface area contributed by atoms with E-state index in [4.69, 9.17) is 0 Å². The number of hydrogen-bond acceptors (Lipinski definition) is 0. The molecule has 88 valence electrons. The van der Waals surface area contributed by atoms with Crippen LogP contribution in [0.1, 0.15) is 18.2 Å². The maximum Gasteiger partial charge on any atom is 0.0544 e. The minimum Gasteiger partial charge on any atom is -0.354 e. The zero-order valence-corrected chi connectivity index (χ0v) is 10.4. The summed E-state index contributed by atoms with van der Waals surface area (Å²) in [6, 6.07) is 12.8. The van der Waals surface area contributed by atoms with Crippen LogP contribution in [-0.4, -0.2) is 4.98 Å². The molecule has 2 aromatic carbocycles. The molecule has 0 amide bonds. The lowest BCUT2D eigenvalue weighted by Crippen LogP contribution is -1.74. The van der Waals surface area contributed by atoms with Crippen LogP contribution < -0.4 is 0 Å². The minimum absolute atomic E-state index is 1.08. The topological polar surface area (TPSA) is 15.8 Å². The molecule has 0 saturated heterocycles. The van der Waals surface area contributed by atoms with Gasteiger partial charge in [-0.2, -0.15) is 0 Å². The van der Waals surface area contributed by atoms with E-state index < -0.39 is 0 Å². The standard InChI is InChI=1S/C17H15N/c1-3-7-14-15-11-10-12-8-5-6-9-13(12)17(15)18-16(14)4-2/h3-11,18H,2H2,1H3/b7-3-. The molecule has 1 aromatic heterocycles. The fourth-order valence-electron chi connectivity index (χ4n) is 2.48. The van der Waals surface area contributed by atoms with Crippen molar-refractivity contribution in [2.45, 2.75) is 6.92 Å². The third-order valence-corrected chi connectivity index (χ3v) is 3.31. The molecule has 3 aromatic rings. The first kappa shape index (κ1) is 10.8. The maximum atomic E-state index is 3.88. The third kappa shape index (κ3) is 1.48. The van der Waals surface area contributed by atoms with Gasteiger partial charge in [-0.15, -0.1) is 0 Å². The van der Waals surface area contributed by atoms with Gasteiger partial charge in [0.15, 0.2) is 0 Å². The predicted molar refractivity (Wildman–Crippen MR) is 80.6 cm³/mol. The molecule has 0 atom stereocenters. The summed E-state index contributed by atoms with van der Waals surface area (Å²) in [7, 11) is 0. The van der Waals surface area contributed by atoms with Crippen molar-refractivity contribution in [1.82, 2.24) is 4.98 Å². The molecule has 3 rings (SSSR count). The second-order valence-electron chi connectivity index (χ2n) is 4.37. The van der Waals surface area contributed by atoms with E-state index in [-0.39, 0.29) is 0 Å². The number of fused-ring (bicyclic) bond motifs is 3. The molecule has 1 heteroatoms.